The highest BCUT2D eigenvalue weighted by Crippen LogP contribution is 2.37. The molecule has 0 fully saturated rings. The minimum absolute atomic E-state index is 0.234. The molecule has 1 aliphatic rings. The number of rotatable bonds is 3. The van der Waals surface area contributed by atoms with Crippen LogP contribution in [-0.4, -0.2) is 5.71 Å². The number of hydrazone groups is 1. The number of hydrogen-bond acceptors (Lipinski definition) is 2. The standard InChI is InChI=1S/C23H22N2/c1-17-13-18(2)15-21(14-17)25-23(20-11-7-4-8-12-20)16-22(24-25)19-9-5-3-6-10-19/h3-15,23H,16H2,1-2H3. The van der Waals surface area contributed by atoms with Crippen LogP contribution >= 0.6 is 0 Å². The van der Waals surface area contributed by atoms with Crippen molar-refractivity contribution in [2.45, 2.75) is 26.3 Å². The molecule has 0 N–H and O–H groups in total. The average Bonchev–Trinajstić information content (AvgIpc) is 3.08. The molecular formula is C23H22N2. The molecule has 1 aliphatic heterocycles. The quantitative estimate of drug-likeness (QED) is 0.606. The Balaban J connectivity index is 1.79. The van der Waals surface area contributed by atoms with Crippen molar-refractivity contribution < 1.29 is 0 Å². The molecule has 4 rings (SSSR count). The number of nitrogens with zero attached hydrogens (tertiary/aromatic N) is 2. The highest BCUT2D eigenvalue weighted by molar-refractivity contribution is 6.03. The van der Waals surface area contributed by atoms with E-state index in [-0.39, 0.29) is 6.04 Å². The van der Waals surface area contributed by atoms with Crippen LogP contribution in [0.25, 0.3) is 0 Å². The van der Waals surface area contributed by atoms with Gasteiger partial charge in [0.05, 0.1) is 17.4 Å². The zero-order chi connectivity index (χ0) is 17.2. The summed E-state index contributed by atoms with van der Waals surface area (Å²) in [5.41, 5.74) is 7.35. The summed E-state index contributed by atoms with van der Waals surface area (Å²) in [5, 5.41) is 7.21. The lowest BCUT2D eigenvalue weighted by molar-refractivity contribution is 0.708. The van der Waals surface area contributed by atoms with Crippen molar-refractivity contribution in [3.63, 3.8) is 0 Å². The van der Waals surface area contributed by atoms with Gasteiger partial charge in [0, 0.05) is 6.42 Å². The van der Waals surface area contributed by atoms with Crippen LogP contribution in [0.5, 0.6) is 0 Å². The van der Waals surface area contributed by atoms with Crippen molar-refractivity contribution in [2.24, 2.45) is 5.10 Å². The number of aryl methyl sites for hydroxylation is 2. The fourth-order valence-corrected chi connectivity index (χ4v) is 3.57. The maximum absolute atomic E-state index is 5.02. The first-order valence-corrected chi connectivity index (χ1v) is 8.76. The van der Waals surface area contributed by atoms with Crippen LogP contribution in [0.2, 0.25) is 0 Å². The summed E-state index contributed by atoms with van der Waals surface area (Å²) in [6, 6.07) is 28.1. The molecule has 0 saturated carbocycles. The van der Waals surface area contributed by atoms with Crippen molar-refractivity contribution in [2.75, 3.05) is 5.01 Å². The number of benzene rings is 3. The third-order valence-electron chi connectivity index (χ3n) is 4.67. The Morgan fingerprint density at radius 3 is 2.04 bits per heavy atom. The zero-order valence-corrected chi connectivity index (χ0v) is 14.7. The lowest BCUT2D eigenvalue weighted by Crippen LogP contribution is -2.18. The predicted octanol–water partition coefficient (Wildman–Crippen LogP) is 5.66. The monoisotopic (exact) mass is 326 g/mol. The van der Waals surface area contributed by atoms with E-state index >= 15 is 0 Å². The van der Waals surface area contributed by atoms with Gasteiger partial charge < -0.3 is 0 Å². The van der Waals surface area contributed by atoms with E-state index in [0.717, 1.165) is 17.8 Å². The molecule has 124 valence electrons. The van der Waals surface area contributed by atoms with Gasteiger partial charge in [0.2, 0.25) is 0 Å². The molecule has 0 aromatic heterocycles. The van der Waals surface area contributed by atoms with Crippen LogP contribution in [0.15, 0.2) is 84.0 Å². The fraction of sp³-hybridized carbons (Fsp3) is 0.174. The molecule has 3 aromatic carbocycles. The molecule has 3 aromatic rings. The van der Waals surface area contributed by atoms with Gasteiger partial charge in [0.1, 0.15) is 0 Å². The second kappa shape index (κ2) is 6.56. The number of hydrogen-bond donors (Lipinski definition) is 0. The Hall–Kier alpha value is -2.87. The van der Waals surface area contributed by atoms with E-state index in [1.54, 1.807) is 0 Å². The van der Waals surface area contributed by atoms with Gasteiger partial charge in [-0.1, -0.05) is 66.7 Å². The Bertz CT molecular complexity index is 878. The van der Waals surface area contributed by atoms with Gasteiger partial charge in [-0.3, -0.25) is 5.01 Å². The summed E-state index contributed by atoms with van der Waals surface area (Å²) in [5.74, 6) is 0. The summed E-state index contributed by atoms with van der Waals surface area (Å²) in [6.45, 7) is 4.29. The van der Waals surface area contributed by atoms with Crippen LogP contribution in [0, 0.1) is 13.8 Å². The molecule has 2 heteroatoms. The van der Waals surface area contributed by atoms with Crippen LogP contribution in [-0.2, 0) is 0 Å². The van der Waals surface area contributed by atoms with Crippen molar-refractivity contribution >= 4 is 11.4 Å². The van der Waals surface area contributed by atoms with Crippen molar-refractivity contribution in [1.29, 1.82) is 0 Å². The van der Waals surface area contributed by atoms with E-state index in [9.17, 15) is 0 Å². The lowest BCUT2D eigenvalue weighted by atomic mass is 9.98. The summed E-state index contributed by atoms with van der Waals surface area (Å²) < 4.78 is 0. The second-order valence-electron chi connectivity index (χ2n) is 6.73. The van der Waals surface area contributed by atoms with Crippen LogP contribution in [0.1, 0.15) is 34.7 Å². The van der Waals surface area contributed by atoms with Crippen LogP contribution < -0.4 is 5.01 Å². The summed E-state index contributed by atoms with van der Waals surface area (Å²) in [4.78, 5) is 0. The molecule has 2 nitrogen and oxygen atoms in total. The number of anilines is 1. The maximum Gasteiger partial charge on any atom is 0.0831 e. The van der Waals surface area contributed by atoms with Gasteiger partial charge in [0.25, 0.3) is 0 Å². The lowest BCUT2D eigenvalue weighted by Gasteiger charge is -2.24. The molecule has 0 saturated heterocycles. The first-order valence-electron chi connectivity index (χ1n) is 8.76. The minimum Gasteiger partial charge on any atom is -0.257 e. The average molecular weight is 326 g/mol. The highest BCUT2D eigenvalue weighted by atomic mass is 15.5. The third kappa shape index (κ3) is 3.20. The van der Waals surface area contributed by atoms with Crippen LogP contribution in [0.4, 0.5) is 5.69 Å². The second-order valence-corrected chi connectivity index (χ2v) is 6.73. The van der Waals surface area contributed by atoms with Crippen molar-refractivity contribution in [3.05, 3.63) is 101 Å². The Morgan fingerprint density at radius 1 is 0.800 bits per heavy atom. The van der Waals surface area contributed by atoms with Gasteiger partial charge >= 0.3 is 0 Å². The van der Waals surface area contributed by atoms with E-state index < -0.39 is 0 Å². The largest absolute Gasteiger partial charge is 0.257 e. The maximum atomic E-state index is 5.02. The van der Waals surface area contributed by atoms with Crippen molar-refractivity contribution in [3.8, 4) is 0 Å². The summed E-state index contributed by atoms with van der Waals surface area (Å²) in [7, 11) is 0. The molecule has 0 aliphatic carbocycles. The molecule has 1 unspecified atom stereocenters. The molecular weight excluding hydrogens is 304 g/mol. The molecule has 1 heterocycles. The van der Waals surface area contributed by atoms with Gasteiger partial charge in [0.15, 0.2) is 0 Å². The zero-order valence-electron chi connectivity index (χ0n) is 14.7. The normalized spacial score (nSPS) is 16.8. The van der Waals surface area contributed by atoms with E-state index in [1.807, 2.05) is 0 Å². The SMILES string of the molecule is Cc1cc(C)cc(N2N=C(c3ccccc3)CC2c2ccccc2)c1. The van der Waals surface area contributed by atoms with Gasteiger partial charge in [-0.25, -0.2) is 0 Å². The molecule has 25 heavy (non-hydrogen) atoms. The fourth-order valence-electron chi connectivity index (χ4n) is 3.57. The third-order valence-corrected chi connectivity index (χ3v) is 4.67. The molecule has 0 radical (unpaired) electrons. The predicted molar refractivity (Wildman–Crippen MR) is 105 cm³/mol. The Labute approximate surface area is 149 Å². The first kappa shape index (κ1) is 15.6. The van der Waals surface area contributed by atoms with E-state index in [4.69, 9.17) is 5.10 Å². The molecule has 0 amide bonds. The minimum atomic E-state index is 0.234. The topological polar surface area (TPSA) is 15.6 Å². The Kier molecular flexibility index (Phi) is 4.10. The molecule has 0 spiro atoms. The van der Waals surface area contributed by atoms with Gasteiger partial charge in [-0.2, -0.15) is 5.10 Å². The molecule has 0 bridgehead atoms. The summed E-state index contributed by atoms with van der Waals surface area (Å²) in [6.07, 6.45) is 0.918. The molecule has 1 atom stereocenters. The first-order chi connectivity index (χ1) is 12.2. The van der Waals surface area contributed by atoms with Gasteiger partial charge in [-0.15, -0.1) is 0 Å². The van der Waals surface area contributed by atoms with Gasteiger partial charge in [-0.05, 0) is 48.2 Å². The van der Waals surface area contributed by atoms with E-state index in [1.165, 1.54) is 22.3 Å². The Morgan fingerprint density at radius 2 is 1.40 bits per heavy atom. The van der Waals surface area contributed by atoms with Crippen LogP contribution in [0.3, 0.4) is 0 Å². The van der Waals surface area contributed by atoms with E-state index in [0.29, 0.717) is 0 Å². The highest BCUT2D eigenvalue weighted by Gasteiger charge is 2.29. The van der Waals surface area contributed by atoms with E-state index in [2.05, 4.69) is 97.7 Å². The smallest absolute Gasteiger partial charge is 0.0831 e. The summed E-state index contributed by atoms with van der Waals surface area (Å²) >= 11 is 0. The van der Waals surface area contributed by atoms with Crippen molar-refractivity contribution in [1.82, 2.24) is 0 Å².